The van der Waals surface area contributed by atoms with Crippen molar-refractivity contribution in [3.8, 4) is 0 Å². The highest BCUT2D eigenvalue weighted by Crippen LogP contribution is 1.72. The molecule has 0 aromatic carbocycles. The van der Waals surface area contributed by atoms with Crippen LogP contribution >= 0.6 is 0 Å². The van der Waals surface area contributed by atoms with Gasteiger partial charge in [-0.15, -0.1) is 0 Å². The van der Waals surface area contributed by atoms with E-state index in [1.165, 1.54) is 12.4 Å². The molecule has 0 amide bonds. The maximum atomic E-state index is 9.75. The van der Waals surface area contributed by atoms with Crippen LogP contribution in [0.1, 0.15) is 6.42 Å². The van der Waals surface area contributed by atoms with Crippen molar-refractivity contribution in [1.29, 1.82) is 0 Å². The van der Waals surface area contributed by atoms with Gasteiger partial charge in [-0.05, 0) is 0 Å². The molecule has 8 heavy (non-hydrogen) atoms. The molecule has 0 heterocycles. The maximum Gasteiger partial charge on any atom is 0.308 e. The zero-order valence-corrected chi connectivity index (χ0v) is 4.37. The molecule has 3 heteroatoms. The largest absolute Gasteiger partial charge is 0.481 e. The molecule has 0 saturated heterocycles. The fraction of sp³-hybridized carbons (Fsp3) is 0.200. The van der Waals surface area contributed by atoms with E-state index in [4.69, 9.17) is 5.11 Å². The molecular formula is C5H7NO2. The molecular weight excluding hydrogens is 106 g/mol. The lowest BCUT2D eigenvalue weighted by atomic mass is 10.5. The Morgan fingerprint density at radius 1 is 1.88 bits per heavy atom. The minimum absolute atomic E-state index is 0.0357. The zero-order chi connectivity index (χ0) is 6.41. The highest BCUT2D eigenvalue weighted by Gasteiger charge is 1.87. The molecule has 0 aliphatic carbocycles. The second-order valence-corrected chi connectivity index (χ2v) is 1.11. The van der Waals surface area contributed by atoms with Gasteiger partial charge in [0, 0.05) is 12.4 Å². The maximum absolute atomic E-state index is 9.75. The molecule has 0 aliphatic heterocycles. The van der Waals surface area contributed by atoms with Crippen molar-refractivity contribution in [1.82, 2.24) is 0 Å². The van der Waals surface area contributed by atoms with Crippen LogP contribution in [-0.4, -0.2) is 17.3 Å². The van der Waals surface area contributed by atoms with E-state index in [9.17, 15) is 4.79 Å². The van der Waals surface area contributed by atoms with Crippen LogP contribution < -0.4 is 0 Å². The topological polar surface area (TPSA) is 49.7 Å². The molecule has 0 bridgehead atoms. The van der Waals surface area contributed by atoms with E-state index in [2.05, 4.69) is 11.6 Å². The highest BCUT2D eigenvalue weighted by molar-refractivity contribution is 5.84. The molecule has 44 valence electrons. The van der Waals surface area contributed by atoms with Gasteiger partial charge in [0.1, 0.15) is 0 Å². The summed E-state index contributed by atoms with van der Waals surface area (Å²) in [5.74, 6) is -0.879. The fourth-order valence-corrected chi connectivity index (χ4v) is 0.205. The Bertz CT molecular complexity index is 118. The monoisotopic (exact) mass is 113 g/mol. The summed E-state index contributed by atoms with van der Waals surface area (Å²) in [4.78, 5) is 13.2. The average molecular weight is 113 g/mol. The fourth-order valence-electron chi connectivity index (χ4n) is 0.205. The third-order valence-corrected chi connectivity index (χ3v) is 0.477. The number of carboxylic acids is 1. The molecule has 0 rings (SSSR count). The number of carbonyl (C=O) groups is 1. The number of aliphatic imine (C=N–C) groups is 1. The number of hydrogen-bond acceptors (Lipinski definition) is 2. The lowest BCUT2D eigenvalue weighted by Gasteiger charge is -1.77. The van der Waals surface area contributed by atoms with Crippen LogP contribution in [0.4, 0.5) is 0 Å². The zero-order valence-electron chi connectivity index (χ0n) is 4.37. The number of aliphatic carboxylic acids is 1. The Kier molecular flexibility index (Phi) is 3.48. The second-order valence-electron chi connectivity index (χ2n) is 1.11. The number of nitrogens with zero attached hydrogens (tertiary/aromatic N) is 1. The van der Waals surface area contributed by atoms with Gasteiger partial charge in [0.05, 0.1) is 6.42 Å². The van der Waals surface area contributed by atoms with E-state index < -0.39 is 5.97 Å². The normalized spacial score (nSPS) is 9.50. The molecule has 0 fully saturated rings. The third-order valence-electron chi connectivity index (χ3n) is 0.477. The standard InChI is InChI=1S/C5H7NO2/c1-2-6-4-3-5(7)8/h2,4H,1,3H2,(H,7,8). The van der Waals surface area contributed by atoms with Gasteiger partial charge in [-0.1, -0.05) is 6.58 Å². The summed E-state index contributed by atoms with van der Waals surface area (Å²) in [6.07, 6.45) is 2.55. The Hall–Kier alpha value is -1.12. The van der Waals surface area contributed by atoms with Crippen LogP contribution in [-0.2, 0) is 4.79 Å². The Morgan fingerprint density at radius 2 is 2.50 bits per heavy atom. The van der Waals surface area contributed by atoms with Crippen molar-refractivity contribution >= 4 is 12.2 Å². The summed E-state index contributed by atoms with van der Waals surface area (Å²) >= 11 is 0. The van der Waals surface area contributed by atoms with Gasteiger partial charge >= 0.3 is 5.97 Å². The SMILES string of the molecule is C=CN=CCC(=O)O. The van der Waals surface area contributed by atoms with Gasteiger partial charge in [-0.25, -0.2) is 0 Å². The first-order chi connectivity index (χ1) is 3.77. The van der Waals surface area contributed by atoms with Gasteiger partial charge in [0.2, 0.25) is 0 Å². The molecule has 0 saturated carbocycles. The first kappa shape index (κ1) is 6.88. The smallest absolute Gasteiger partial charge is 0.308 e. The van der Waals surface area contributed by atoms with E-state index in [0.717, 1.165) is 0 Å². The first-order valence-corrected chi connectivity index (χ1v) is 2.11. The van der Waals surface area contributed by atoms with E-state index in [1.54, 1.807) is 0 Å². The Labute approximate surface area is 47.4 Å². The van der Waals surface area contributed by atoms with Gasteiger partial charge < -0.3 is 5.11 Å². The van der Waals surface area contributed by atoms with E-state index in [0.29, 0.717) is 0 Å². The van der Waals surface area contributed by atoms with E-state index >= 15 is 0 Å². The van der Waals surface area contributed by atoms with Crippen LogP contribution in [0.3, 0.4) is 0 Å². The first-order valence-electron chi connectivity index (χ1n) is 2.11. The van der Waals surface area contributed by atoms with E-state index in [-0.39, 0.29) is 6.42 Å². The molecule has 0 aliphatic rings. The predicted octanol–water partition coefficient (Wildman–Crippen LogP) is 0.675. The van der Waals surface area contributed by atoms with Crippen molar-refractivity contribution in [2.45, 2.75) is 6.42 Å². The van der Waals surface area contributed by atoms with Crippen molar-refractivity contribution < 1.29 is 9.90 Å². The van der Waals surface area contributed by atoms with Crippen molar-refractivity contribution in [2.75, 3.05) is 0 Å². The van der Waals surface area contributed by atoms with Crippen LogP contribution in [0.5, 0.6) is 0 Å². The van der Waals surface area contributed by atoms with E-state index in [1.807, 2.05) is 0 Å². The predicted molar refractivity (Wildman–Crippen MR) is 30.9 cm³/mol. The van der Waals surface area contributed by atoms with Crippen LogP contribution in [0.2, 0.25) is 0 Å². The molecule has 0 spiro atoms. The summed E-state index contributed by atoms with van der Waals surface area (Å²) in [5, 5.41) is 8.01. The number of carboxylic acid groups (broad SMARTS) is 1. The molecule has 0 atom stereocenters. The average Bonchev–Trinajstić information content (AvgIpc) is 1.66. The highest BCUT2D eigenvalue weighted by atomic mass is 16.4. The lowest BCUT2D eigenvalue weighted by Crippen LogP contribution is -1.93. The minimum Gasteiger partial charge on any atom is -0.481 e. The molecule has 0 unspecified atom stereocenters. The second kappa shape index (κ2) is 4.05. The van der Waals surface area contributed by atoms with Gasteiger partial charge in [0.25, 0.3) is 0 Å². The molecule has 1 N–H and O–H groups in total. The lowest BCUT2D eigenvalue weighted by molar-refractivity contribution is -0.135. The van der Waals surface area contributed by atoms with Crippen molar-refractivity contribution in [3.63, 3.8) is 0 Å². The quantitative estimate of drug-likeness (QED) is 0.547. The van der Waals surface area contributed by atoms with Crippen LogP contribution in [0.15, 0.2) is 17.8 Å². The molecule has 0 aromatic heterocycles. The minimum atomic E-state index is -0.879. The summed E-state index contributed by atoms with van der Waals surface area (Å²) < 4.78 is 0. The van der Waals surface area contributed by atoms with Gasteiger partial charge in [0.15, 0.2) is 0 Å². The summed E-state index contributed by atoms with van der Waals surface area (Å²) in [5.41, 5.74) is 0. The van der Waals surface area contributed by atoms with Gasteiger partial charge in [-0.2, -0.15) is 0 Å². The number of rotatable bonds is 3. The Morgan fingerprint density at radius 3 is 2.88 bits per heavy atom. The third kappa shape index (κ3) is 4.88. The van der Waals surface area contributed by atoms with Crippen LogP contribution in [0.25, 0.3) is 0 Å². The molecule has 3 nitrogen and oxygen atoms in total. The Balaban J connectivity index is 3.29. The summed E-state index contributed by atoms with van der Waals surface area (Å²) in [6.45, 7) is 3.27. The van der Waals surface area contributed by atoms with Crippen LogP contribution in [0, 0.1) is 0 Å². The van der Waals surface area contributed by atoms with Crippen molar-refractivity contribution in [2.24, 2.45) is 4.99 Å². The summed E-state index contributed by atoms with van der Waals surface area (Å²) in [7, 11) is 0. The number of hydrogen-bond donors (Lipinski definition) is 1. The molecule has 0 aromatic rings. The van der Waals surface area contributed by atoms with Crippen molar-refractivity contribution in [3.05, 3.63) is 12.8 Å². The van der Waals surface area contributed by atoms with Gasteiger partial charge in [-0.3, -0.25) is 9.79 Å². The molecule has 0 radical (unpaired) electrons. The summed E-state index contributed by atoms with van der Waals surface area (Å²) in [6, 6.07) is 0.